The number of carboxylic acids is 1. The Morgan fingerprint density at radius 2 is 0.932 bits per heavy atom. The minimum absolute atomic E-state index is 0.130. The van der Waals surface area contributed by atoms with Gasteiger partial charge in [0.15, 0.2) is 0 Å². The van der Waals surface area contributed by atoms with Crippen LogP contribution in [0.4, 0.5) is 0 Å². The van der Waals surface area contributed by atoms with Crippen molar-refractivity contribution in [3.8, 4) is 0 Å². The highest BCUT2D eigenvalue weighted by molar-refractivity contribution is 5.73. The highest BCUT2D eigenvalue weighted by Crippen LogP contribution is 1.98. The van der Waals surface area contributed by atoms with Gasteiger partial charge in [-0.2, -0.15) is 0 Å². The molecule has 1 atom stereocenters. The first-order valence-corrected chi connectivity index (χ1v) is 15.0. The van der Waals surface area contributed by atoms with Crippen LogP contribution in [0.5, 0.6) is 0 Å². The second kappa shape index (κ2) is 31.1. The third kappa shape index (κ3) is 26.5. The van der Waals surface area contributed by atoms with E-state index in [1.54, 1.807) is 10.9 Å². The van der Waals surface area contributed by atoms with Crippen LogP contribution in [-0.2, 0) is 65.1 Å². The standard InChI is InChI=1S/C27H53N5O12/c28-1-3-35-5-7-37-9-11-39-13-15-41-17-19-43-21-22-44-20-18-42-16-14-40-12-10-38-8-6-36-4-2-32-24-25(30-31-32)23-26(29)27(33)34/h24,26H,1-23,28-29H2,(H,33,34)/t26-/m0/s1. The van der Waals surface area contributed by atoms with Crippen LogP contribution in [-0.4, -0.2) is 171 Å². The van der Waals surface area contributed by atoms with E-state index in [1.807, 2.05) is 0 Å². The van der Waals surface area contributed by atoms with Crippen LogP contribution in [0.2, 0.25) is 0 Å². The zero-order chi connectivity index (χ0) is 31.8. The van der Waals surface area contributed by atoms with E-state index < -0.39 is 12.0 Å². The third-order valence-corrected chi connectivity index (χ3v) is 5.41. The van der Waals surface area contributed by atoms with E-state index in [0.29, 0.717) is 151 Å². The van der Waals surface area contributed by atoms with E-state index in [2.05, 4.69) is 10.3 Å². The molecule has 0 saturated carbocycles. The number of hydrogen-bond donors (Lipinski definition) is 3. The Morgan fingerprint density at radius 1 is 0.614 bits per heavy atom. The summed E-state index contributed by atoms with van der Waals surface area (Å²) in [5, 5.41) is 16.7. The average molecular weight is 640 g/mol. The van der Waals surface area contributed by atoms with Crippen molar-refractivity contribution in [2.45, 2.75) is 19.0 Å². The van der Waals surface area contributed by atoms with Crippen molar-refractivity contribution in [2.75, 3.05) is 139 Å². The monoisotopic (exact) mass is 639 g/mol. The Bertz CT molecular complexity index is 765. The summed E-state index contributed by atoms with van der Waals surface area (Å²) in [5.74, 6) is -1.07. The summed E-state index contributed by atoms with van der Waals surface area (Å²) in [6, 6.07) is -0.993. The number of carboxylic acid groups (broad SMARTS) is 1. The van der Waals surface area contributed by atoms with E-state index in [-0.39, 0.29) is 6.42 Å². The summed E-state index contributed by atoms with van der Waals surface area (Å²) < 4.78 is 55.8. The predicted octanol–water partition coefficient (Wildman–Crippen LogP) is -1.64. The summed E-state index contributed by atoms with van der Waals surface area (Å²) in [4.78, 5) is 10.8. The summed E-state index contributed by atoms with van der Waals surface area (Å²) >= 11 is 0. The first kappa shape index (κ1) is 40.2. The quantitative estimate of drug-likeness (QED) is 0.0710. The number of aliphatic carboxylic acids is 1. The molecule has 1 aromatic heterocycles. The average Bonchev–Trinajstić information content (AvgIpc) is 3.46. The molecule has 0 spiro atoms. The van der Waals surface area contributed by atoms with Gasteiger partial charge >= 0.3 is 5.97 Å². The van der Waals surface area contributed by atoms with Gasteiger partial charge < -0.3 is 63.9 Å². The highest BCUT2D eigenvalue weighted by atomic mass is 16.6. The Morgan fingerprint density at radius 3 is 1.25 bits per heavy atom. The molecule has 0 aliphatic carbocycles. The molecule has 44 heavy (non-hydrogen) atoms. The van der Waals surface area contributed by atoms with Crippen LogP contribution in [0.3, 0.4) is 0 Å². The van der Waals surface area contributed by atoms with Gasteiger partial charge in [0, 0.05) is 19.2 Å². The number of rotatable bonds is 35. The number of nitrogens with zero attached hydrogens (tertiary/aromatic N) is 3. The fourth-order valence-electron chi connectivity index (χ4n) is 3.18. The smallest absolute Gasteiger partial charge is 0.320 e. The second-order valence-corrected chi connectivity index (χ2v) is 9.03. The summed E-state index contributed by atoms with van der Waals surface area (Å²) in [6.45, 7) is 10.9. The third-order valence-electron chi connectivity index (χ3n) is 5.41. The van der Waals surface area contributed by atoms with Gasteiger partial charge in [-0.3, -0.25) is 4.79 Å². The van der Waals surface area contributed by atoms with Crippen molar-refractivity contribution in [1.82, 2.24) is 15.0 Å². The van der Waals surface area contributed by atoms with Gasteiger partial charge in [-0.1, -0.05) is 5.21 Å². The lowest BCUT2D eigenvalue weighted by molar-refractivity contribution is -0.138. The zero-order valence-electron chi connectivity index (χ0n) is 25.9. The van der Waals surface area contributed by atoms with Crippen molar-refractivity contribution in [3.05, 3.63) is 11.9 Å². The maximum atomic E-state index is 10.8. The summed E-state index contributed by atoms with van der Waals surface area (Å²) in [6.07, 6.45) is 1.79. The molecule has 0 fully saturated rings. The van der Waals surface area contributed by atoms with Crippen molar-refractivity contribution in [3.63, 3.8) is 0 Å². The molecule has 0 aromatic carbocycles. The first-order valence-electron chi connectivity index (χ1n) is 15.0. The van der Waals surface area contributed by atoms with Crippen molar-refractivity contribution in [2.24, 2.45) is 11.5 Å². The molecular weight excluding hydrogens is 586 g/mol. The van der Waals surface area contributed by atoms with Gasteiger partial charge in [-0.05, 0) is 0 Å². The molecule has 0 bridgehead atoms. The van der Waals surface area contributed by atoms with Gasteiger partial charge in [-0.15, -0.1) is 5.10 Å². The van der Waals surface area contributed by atoms with Crippen molar-refractivity contribution in [1.29, 1.82) is 0 Å². The van der Waals surface area contributed by atoms with E-state index >= 15 is 0 Å². The molecular formula is C27H53N5O12. The molecule has 0 aliphatic heterocycles. The maximum absolute atomic E-state index is 10.8. The number of aromatic nitrogens is 3. The zero-order valence-corrected chi connectivity index (χ0v) is 25.9. The molecule has 258 valence electrons. The molecule has 17 heteroatoms. The van der Waals surface area contributed by atoms with E-state index in [4.69, 9.17) is 63.9 Å². The molecule has 1 heterocycles. The van der Waals surface area contributed by atoms with Gasteiger partial charge in [0.2, 0.25) is 0 Å². The maximum Gasteiger partial charge on any atom is 0.320 e. The SMILES string of the molecule is NCCOCCOCCOCCOCCOCCOCCOCCOCCOCCOCCn1cc(C[C@H](N)C(=O)O)nn1. The molecule has 1 aromatic rings. The lowest BCUT2D eigenvalue weighted by Crippen LogP contribution is -2.32. The van der Waals surface area contributed by atoms with E-state index in [0.717, 1.165) is 0 Å². The number of hydrogen-bond acceptors (Lipinski definition) is 15. The summed E-state index contributed by atoms with van der Waals surface area (Å²) in [5.41, 5.74) is 11.3. The fourth-order valence-corrected chi connectivity index (χ4v) is 3.18. The van der Waals surface area contributed by atoms with Crippen LogP contribution >= 0.6 is 0 Å². The lowest BCUT2D eigenvalue weighted by Gasteiger charge is -2.09. The molecule has 0 saturated heterocycles. The minimum atomic E-state index is -1.07. The molecule has 0 radical (unpaired) electrons. The largest absolute Gasteiger partial charge is 0.480 e. The van der Waals surface area contributed by atoms with Crippen LogP contribution in [0.25, 0.3) is 0 Å². The Labute approximate surface area is 259 Å². The highest BCUT2D eigenvalue weighted by Gasteiger charge is 2.14. The van der Waals surface area contributed by atoms with E-state index in [1.165, 1.54) is 0 Å². The van der Waals surface area contributed by atoms with Crippen LogP contribution in [0.1, 0.15) is 5.69 Å². The van der Waals surface area contributed by atoms with Gasteiger partial charge in [-0.25, -0.2) is 4.68 Å². The van der Waals surface area contributed by atoms with Gasteiger partial charge in [0.05, 0.1) is 144 Å². The summed E-state index contributed by atoms with van der Waals surface area (Å²) in [7, 11) is 0. The predicted molar refractivity (Wildman–Crippen MR) is 157 cm³/mol. The van der Waals surface area contributed by atoms with Crippen molar-refractivity contribution >= 4 is 5.97 Å². The normalized spacial score (nSPS) is 12.2. The van der Waals surface area contributed by atoms with Gasteiger partial charge in [0.25, 0.3) is 0 Å². The van der Waals surface area contributed by atoms with E-state index in [9.17, 15) is 4.79 Å². The number of carbonyl (C=O) groups is 1. The Hall–Kier alpha value is -1.87. The first-order chi connectivity index (χ1) is 21.6. The topological polar surface area (TPSA) is 212 Å². The van der Waals surface area contributed by atoms with Crippen molar-refractivity contribution < 1.29 is 57.3 Å². The van der Waals surface area contributed by atoms with Crippen LogP contribution in [0.15, 0.2) is 6.20 Å². The molecule has 0 amide bonds. The molecule has 5 N–H and O–H groups in total. The number of nitrogens with two attached hydrogens (primary N) is 2. The Balaban J connectivity index is 1.69. The minimum Gasteiger partial charge on any atom is -0.480 e. The molecule has 1 rings (SSSR count). The fraction of sp³-hybridized carbons (Fsp3) is 0.889. The van der Waals surface area contributed by atoms with Gasteiger partial charge in [0.1, 0.15) is 6.04 Å². The lowest BCUT2D eigenvalue weighted by atomic mass is 10.2. The molecule has 0 aliphatic rings. The van der Waals surface area contributed by atoms with Crippen LogP contribution in [0, 0.1) is 0 Å². The molecule has 17 nitrogen and oxygen atoms in total. The second-order valence-electron chi connectivity index (χ2n) is 9.03. The van der Waals surface area contributed by atoms with Crippen LogP contribution < -0.4 is 11.5 Å². The Kier molecular flexibility index (Phi) is 28.4. The molecule has 0 unspecified atom stereocenters. The number of ether oxygens (including phenoxy) is 10.